The molecule has 4 rings (SSSR count). The minimum absolute atomic E-state index is 0.0438. The summed E-state index contributed by atoms with van der Waals surface area (Å²) < 4.78 is 11.6. The van der Waals surface area contributed by atoms with Crippen LogP contribution in [0.25, 0.3) is 0 Å². The van der Waals surface area contributed by atoms with E-state index in [0.717, 1.165) is 81.1 Å². The van der Waals surface area contributed by atoms with Crippen LogP contribution in [0.15, 0.2) is 36.4 Å². The van der Waals surface area contributed by atoms with Crippen LogP contribution < -0.4 is 14.5 Å². The number of carbonyl (C=O) groups excluding carboxylic acids is 2. The minimum atomic E-state index is -0.379. The molecule has 0 unspecified atom stereocenters. The number of ether oxygens (including phenoxy) is 2. The highest BCUT2D eigenvalue weighted by atomic mass is 35.5. The zero-order valence-electron chi connectivity index (χ0n) is 24.2. The second kappa shape index (κ2) is 15.5. The first kappa shape index (κ1) is 31.3. The van der Waals surface area contributed by atoms with Crippen LogP contribution in [0, 0.1) is 0 Å². The van der Waals surface area contributed by atoms with Crippen LogP contribution in [0.5, 0.6) is 5.75 Å². The third-order valence-corrected chi connectivity index (χ3v) is 8.41. The normalized spacial score (nSPS) is 15.6. The Morgan fingerprint density at radius 1 is 0.951 bits per heavy atom. The number of rotatable bonds is 13. The number of piperazine rings is 1. The standard InChI is InChI=1S/C31H42Cl2N4O4/c1-3-14-36(15-4-2)31(39)41-23-37-28-22-25(12-10-24(28)11-13-29(37)38)40-21-6-5-16-34-17-19-35(20-18-34)27-9-7-8-26(32)30(27)33/h7-10,12,22H,3-6,11,13-21,23H2,1-2H3. The molecule has 1 saturated heterocycles. The van der Waals surface area contributed by atoms with Crippen molar-refractivity contribution in [1.82, 2.24) is 9.80 Å². The Hall–Kier alpha value is -2.68. The van der Waals surface area contributed by atoms with Crippen molar-refractivity contribution in [3.8, 4) is 5.75 Å². The average Bonchev–Trinajstić information content (AvgIpc) is 2.98. The van der Waals surface area contributed by atoms with Gasteiger partial charge in [0.05, 0.1) is 28.0 Å². The van der Waals surface area contributed by atoms with Gasteiger partial charge in [-0.15, -0.1) is 0 Å². The summed E-state index contributed by atoms with van der Waals surface area (Å²) in [5.74, 6) is 0.679. The van der Waals surface area contributed by atoms with Crippen molar-refractivity contribution in [2.45, 2.75) is 52.4 Å². The second-order valence-electron chi connectivity index (χ2n) is 10.6. The van der Waals surface area contributed by atoms with E-state index in [9.17, 15) is 9.59 Å². The van der Waals surface area contributed by atoms with E-state index in [1.165, 1.54) is 0 Å². The van der Waals surface area contributed by atoms with Crippen molar-refractivity contribution in [3.63, 3.8) is 0 Å². The molecule has 0 aliphatic carbocycles. The van der Waals surface area contributed by atoms with Gasteiger partial charge in [0, 0.05) is 51.8 Å². The SMILES string of the molecule is CCCN(CCC)C(=O)OCN1C(=O)CCc2ccc(OCCCCN3CCN(c4cccc(Cl)c4Cl)CC3)cc21. The number of halogens is 2. The molecule has 224 valence electrons. The van der Waals surface area contributed by atoms with E-state index < -0.39 is 0 Å². The Balaban J connectivity index is 1.21. The highest BCUT2D eigenvalue weighted by Gasteiger charge is 2.27. The van der Waals surface area contributed by atoms with Crippen LogP contribution in [0.4, 0.5) is 16.2 Å². The van der Waals surface area contributed by atoms with Gasteiger partial charge in [-0.25, -0.2) is 4.79 Å². The maximum atomic E-state index is 12.7. The van der Waals surface area contributed by atoms with Gasteiger partial charge in [-0.3, -0.25) is 14.6 Å². The molecule has 0 saturated carbocycles. The first-order chi connectivity index (χ1) is 19.9. The molecule has 1 fully saturated rings. The first-order valence-corrected chi connectivity index (χ1v) is 15.6. The fourth-order valence-electron chi connectivity index (χ4n) is 5.37. The van der Waals surface area contributed by atoms with Crippen LogP contribution in [0.2, 0.25) is 10.0 Å². The summed E-state index contributed by atoms with van der Waals surface area (Å²) in [6.45, 7) is 10.7. The smallest absolute Gasteiger partial charge is 0.411 e. The quantitative estimate of drug-likeness (QED) is 0.244. The van der Waals surface area contributed by atoms with E-state index in [4.69, 9.17) is 32.7 Å². The van der Waals surface area contributed by atoms with Crippen LogP contribution in [0.3, 0.4) is 0 Å². The number of aryl methyl sites for hydroxylation is 1. The van der Waals surface area contributed by atoms with Crippen LogP contribution >= 0.6 is 23.2 Å². The van der Waals surface area contributed by atoms with E-state index >= 15 is 0 Å². The monoisotopic (exact) mass is 604 g/mol. The van der Waals surface area contributed by atoms with Crippen molar-refractivity contribution in [2.24, 2.45) is 0 Å². The summed E-state index contributed by atoms with van der Waals surface area (Å²) in [4.78, 5) is 33.4. The maximum absolute atomic E-state index is 12.7. The molecule has 0 radical (unpaired) electrons. The van der Waals surface area contributed by atoms with Gasteiger partial charge in [-0.05, 0) is 62.4 Å². The Morgan fingerprint density at radius 3 is 2.44 bits per heavy atom. The number of hydrogen-bond acceptors (Lipinski definition) is 6. The molecule has 10 heteroatoms. The largest absolute Gasteiger partial charge is 0.494 e. The Morgan fingerprint density at radius 2 is 1.71 bits per heavy atom. The number of unbranched alkanes of at least 4 members (excludes halogenated alkanes) is 1. The predicted octanol–water partition coefficient (Wildman–Crippen LogP) is 6.47. The molecule has 2 aromatic rings. The predicted molar refractivity (Wildman–Crippen MR) is 166 cm³/mol. The molecule has 2 aliphatic rings. The number of hydrogen-bond donors (Lipinski definition) is 0. The molecular weight excluding hydrogens is 563 g/mol. The zero-order valence-corrected chi connectivity index (χ0v) is 25.8. The summed E-state index contributed by atoms with van der Waals surface area (Å²) in [5, 5.41) is 1.22. The lowest BCUT2D eigenvalue weighted by Gasteiger charge is -2.36. The summed E-state index contributed by atoms with van der Waals surface area (Å²) in [5.41, 5.74) is 2.83. The molecule has 0 bridgehead atoms. The fraction of sp³-hybridized carbons (Fsp3) is 0.548. The minimum Gasteiger partial charge on any atom is -0.494 e. The van der Waals surface area contributed by atoms with Gasteiger partial charge in [0.2, 0.25) is 5.91 Å². The van der Waals surface area contributed by atoms with Gasteiger partial charge in [0.1, 0.15) is 5.75 Å². The lowest BCUT2D eigenvalue weighted by molar-refractivity contribution is -0.119. The first-order valence-electron chi connectivity index (χ1n) is 14.8. The zero-order chi connectivity index (χ0) is 29.2. The van der Waals surface area contributed by atoms with Crippen LogP contribution in [-0.2, 0) is 16.0 Å². The summed E-state index contributed by atoms with van der Waals surface area (Å²) in [6, 6.07) is 11.7. The summed E-state index contributed by atoms with van der Waals surface area (Å²) in [7, 11) is 0. The molecule has 2 aromatic carbocycles. The molecule has 41 heavy (non-hydrogen) atoms. The Kier molecular flexibility index (Phi) is 11.8. The number of benzene rings is 2. The van der Waals surface area contributed by atoms with Crippen molar-refractivity contribution in [3.05, 3.63) is 52.0 Å². The number of nitrogens with zero attached hydrogens (tertiary/aromatic N) is 4. The third kappa shape index (κ3) is 8.43. The summed E-state index contributed by atoms with van der Waals surface area (Å²) in [6.07, 6.45) is 4.38. The average molecular weight is 606 g/mol. The lowest BCUT2D eigenvalue weighted by atomic mass is 10.0. The highest BCUT2D eigenvalue weighted by molar-refractivity contribution is 6.43. The van der Waals surface area contributed by atoms with Crippen LogP contribution in [0.1, 0.15) is 51.5 Å². The van der Waals surface area contributed by atoms with Crippen molar-refractivity contribution in [1.29, 1.82) is 0 Å². The number of fused-ring (bicyclic) bond motifs is 1. The molecular formula is C31H42Cl2N4O4. The topological polar surface area (TPSA) is 65.6 Å². The lowest BCUT2D eigenvalue weighted by Crippen LogP contribution is -2.46. The van der Waals surface area contributed by atoms with Gasteiger partial charge >= 0.3 is 6.09 Å². The van der Waals surface area contributed by atoms with Crippen LogP contribution in [-0.4, -0.2) is 81.0 Å². The summed E-state index contributed by atoms with van der Waals surface area (Å²) >= 11 is 12.6. The van der Waals surface area contributed by atoms with Crippen molar-refractivity contribution < 1.29 is 19.1 Å². The Labute approximate surface area is 254 Å². The molecule has 2 aliphatic heterocycles. The molecule has 2 heterocycles. The van der Waals surface area contributed by atoms with Gasteiger partial charge in [-0.2, -0.15) is 0 Å². The number of amides is 2. The molecule has 0 atom stereocenters. The van der Waals surface area contributed by atoms with E-state index in [0.29, 0.717) is 42.6 Å². The van der Waals surface area contributed by atoms with Gasteiger partial charge in [0.15, 0.2) is 6.73 Å². The van der Waals surface area contributed by atoms with Gasteiger partial charge in [0.25, 0.3) is 0 Å². The van der Waals surface area contributed by atoms with E-state index in [1.807, 2.05) is 50.2 Å². The van der Waals surface area contributed by atoms with Gasteiger partial charge < -0.3 is 19.3 Å². The molecule has 0 N–H and O–H groups in total. The highest BCUT2D eigenvalue weighted by Crippen LogP contribution is 2.33. The molecule has 0 aromatic heterocycles. The molecule has 0 spiro atoms. The molecule has 2 amide bonds. The Bertz CT molecular complexity index is 1170. The fourth-order valence-corrected chi connectivity index (χ4v) is 5.79. The van der Waals surface area contributed by atoms with Gasteiger partial charge in [-0.1, -0.05) is 49.2 Å². The van der Waals surface area contributed by atoms with Crippen molar-refractivity contribution >= 4 is 46.6 Å². The molecule has 8 nitrogen and oxygen atoms in total. The second-order valence-corrected chi connectivity index (χ2v) is 11.4. The van der Waals surface area contributed by atoms with E-state index in [1.54, 1.807) is 9.80 Å². The number of carbonyl (C=O) groups is 2. The van der Waals surface area contributed by atoms with Crippen molar-refractivity contribution in [2.75, 3.05) is 69.0 Å². The van der Waals surface area contributed by atoms with E-state index in [-0.39, 0.29) is 18.7 Å². The maximum Gasteiger partial charge on any atom is 0.411 e. The third-order valence-electron chi connectivity index (χ3n) is 7.60. The number of anilines is 2. The van der Waals surface area contributed by atoms with E-state index in [2.05, 4.69) is 9.80 Å².